The number of primary amides is 1. The van der Waals surface area contributed by atoms with Gasteiger partial charge in [-0.3, -0.25) is 9.59 Å². The first-order valence-corrected chi connectivity index (χ1v) is 4.69. The van der Waals surface area contributed by atoms with E-state index in [0.29, 0.717) is 0 Å². The Hall–Kier alpha value is -1.28. The number of thiol groups is 1. The number of carbonyl (C=O) groups excluding carboxylic acids is 2. The van der Waals surface area contributed by atoms with Crippen molar-refractivity contribution in [1.29, 1.82) is 0 Å². The third-order valence-corrected chi connectivity index (χ3v) is 1.92. The maximum absolute atomic E-state index is 11.2. The standard InChI is InChI=1S/C7H13N3O4S/c8-3(1-5(9)11)6(12)10-4(2-15)7(13)14/h3-4,15H,1-2,8H2,(H2,9,11)(H,10,12)(H,13,14). The fraction of sp³-hybridized carbons (Fsp3) is 0.571. The summed E-state index contributed by atoms with van der Waals surface area (Å²) >= 11 is 3.74. The van der Waals surface area contributed by atoms with Crippen molar-refractivity contribution in [3.63, 3.8) is 0 Å². The lowest BCUT2D eigenvalue weighted by Gasteiger charge is -2.15. The van der Waals surface area contributed by atoms with E-state index in [0.717, 1.165) is 0 Å². The van der Waals surface area contributed by atoms with Crippen molar-refractivity contribution in [2.24, 2.45) is 11.5 Å². The zero-order valence-corrected chi connectivity index (χ0v) is 8.74. The van der Waals surface area contributed by atoms with Crippen molar-refractivity contribution in [1.82, 2.24) is 5.32 Å². The number of hydrogen-bond acceptors (Lipinski definition) is 5. The quantitative estimate of drug-likeness (QED) is 0.329. The molecule has 86 valence electrons. The monoisotopic (exact) mass is 235 g/mol. The molecule has 2 amide bonds. The minimum atomic E-state index is -1.22. The SMILES string of the molecule is NC(=O)CC(N)C(=O)NC(CS)C(=O)O. The maximum atomic E-state index is 11.2. The van der Waals surface area contributed by atoms with Gasteiger partial charge in [-0.15, -0.1) is 0 Å². The van der Waals surface area contributed by atoms with E-state index < -0.39 is 29.9 Å². The van der Waals surface area contributed by atoms with Gasteiger partial charge >= 0.3 is 5.97 Å². The molecule has 8 heteroatoms. The van der Waals surface area contributed by atoms with Gasteiger partial charge < -0.3 is 21.9 Å². The second-order valence-corrected chi connectivity index (χ2v) is 3.22. The van der Waals surface area contributed by atoms with E-state index in [-0.39, 0.29) is 12.2 Å². The van der Waals surface area contributed by atoms with Crippen molar-refractivity contribution in [3.05, 3.63) is 0 Å². The van der Waals surface area contributed by atoms with E-state index in [1.54, 1.807) is 0 Å². The van der Waals surface area contributed by atoms with Crippen LogP contribution in [0.25, 0.3) is 0 Å². The van der Waals surface area contributed by atoms with Crippen LogP contribution >= 0.6 is 12.6 Å². The lowest BCUT2D eigenvalue weighted by atomic mass is 10.2. The molecular formula is C7H13N3O4S. The third-order valence-electron chi connectivity index (χ3n) is 1.56. The Kier molecular flexibility index (Phi) is 5.72. The number of hydrogen-bond donors (Lipinski definition) is 5. The largest absolute Gasteiger partial charge is 0.480 e. The van der Waals surface area contributed by atoms with Crippen LogP contribution < -0.4 is 16.8 Å². The topological polar surface area (TPSA) is 136 Å². The summed E-state index contributed by atoms with van der Waals surface area (Å²) in [6.45, 7) is 0. The molecule has 0 aliphatic carbocycles. The molecule has 0 bridgehead atoms. The van der Waals surface area contributed by atoms with Crippen LogP contribution in [-0.4, -0.2) is 40.7 Å². The van der Waals surface area contributed by atoms with Crippen LogP contribution in [0.15, 0.2) is 0 Å². The molecule has 2 atom stereocenters. The van der Waals surface area contributed by atoms with Crippen LogP contribution in [0.5, 0.6) is 0 Å². The number of nitrogens with two attached hydrogens (primary N) is 2. The summed E-state index contributed by atoms with van der Waals surface area (Å²) in [5.41, 5.74) is 10.1. The molecule has 0 heterocycles. The Balaban J connectivity index is 4.21. The predicted molar refractivity (Wildman–Crippen MR) is 55.2 cm³/mol. The number of nitrogens with one attached hydrogen (secondary N) is 1. The molecule has 0 aromatic rings. The zero-order chi connectivity index (χ0) is 12.0. The Morgan fingerprint density at radius 1 is 1.40 bits per heavy atom. The molecule has 0 saturated carbocycles. The van der Waals surface area contributed by atoms with E-state index in [1.807, 2.05) is 0 Å². The number of carbonyl (C=O) groups is 3. The van der Waals surface area contributed by atoms with Crippen LogP contribution in [0.2, 0.25) is 0 Å². The summed E-state index contributed by atoms with van der Waals surface area (Å²) < 4.78 is 0. The molecule has 0 radical (unpaired) electrons. The van der Waals surface area contributed by atoms with Gasteiger partial charge in [-0.05, 0) is 0 Å². The molecular weight excluding hydrogens is 222 g/mol. The van der Waals surface area contributed by atoms with Gasteiger partial charge in [-0.2, -0.15) is 12.6 Å². The molecule has 0 aliphatic rings. The molecule has 0 aromatic heterocycles. The third kappa shape index (κ3) is 5.23. The van der Waals surface area contributed by atoms with Gasteiger partial charge in [0.05, 0.1) is 12.5 Å². The van der Waals surface area contributed by atoms with Crippen molar-refractivity contribution >= 4 is 30.4 Å². The van der Waals surface area contributed by atoms with Crippen LogP contribution in [0.3, 0.4) is 0 Å². The first-order valence-electron chi connectivity index (χ1n) is 4.06. The fourth-order valence-electron chi connectivity index (χ4n) is 0.774. The first-order chi connectivity index (χ1) is 6.88. The van der Waals surface area contributed by atoms with Gasteiger partial charge in [0.15, 0.2) is 0 Å². The minimum Gasteiger partial charge on any atom is -0.480 e. The molecule has 0 saturated heterocycles. The van der Waals surface area contributed by atoms with Crippen LogP contribution in [0, 0.1) is 0 Å². The lowest BCUT2D eigenvalue weighted by Crippen LogP contribution is -2.50. The lowest BCUT2D eigenvalue weighted by molar-refractivity contribution is -0.141. The van der Waals surface area contributed by atoms with Crippen molar-refractivity contribution in [3.8, 4) is 0 Å². The summed E-state index contributed by atoms with van der Waals surface area (Å²) in [5.74, 6) is -2.75. The molecule has 0 rings (SSSR count). The number of aliphatic carboxylic acids is 1. The Morgan fingerprint density at radius 3 is 2.27 bits per heavy atom. The van der Waals surface area contributed by atoms with Gasteiger partial charge in [0.2, 0.25) is 11.8 Å². The van der Waals surface area contributed by atoms with Crippen LogP contribution in [0.4, 0.5) is 0 Å². The number of amides is 2. The number of rotatable bonds is 6. The van der Waals surface area contributed by atoms with Crippen LogP contribution in [0.1, 0.15) is 6.42 Å². The predicted octanol–water partition coefficient (Wildman–Crippen LogP) is -2.31. The van der Waals surface area contributed by atoms with E-state index in [2.05, 4.69) is 17.9 Å². The van der Waals surface area contributed by atoms with Gasteiger partial charge in [-0.1, -0.05) is 0 Å². The van der Waals surface area contributed by atoms with Gasteiger partial charge in [0, 0.05) is 5.75 Å². The molecule has 0 aliphatic heterocycles. The fourth-order valence-corrected chi connectivity index (χ4v) is 1.02. The molecule has 0 spiro atoms. The maximum Gasteiger partial charge on any atom is 0.327 e. The summed E-state index contributed by atoms with van der Waals surface area (Å²) in [5, 5.41) is 10.7. The van der Waals surface area contributed by atoms with Crippen LogP contribution in [-0.2, 0) is 14.4 Å². The van der Waals surface area contributed by atoms with Crippen molar-refractivity contribution in [2.45, 2.75) is 18.5 Å². The second-order valence-electron chi connectivity index (χ2n) is 2.86. The van der Waals surface area contributed by atoms with Gasteiger partial charge in [-0.25, -0.2) is 4.79 Å². The average Bonchev–Trinajstić information content (AvgIpc) is 2.11. The van der Waals surface area contributed by atoms with Crippen molar-refractivity contribution in [2.75, 3.05) is 5.75 Å². The normalized spacial score (nSPS) is 14.0. The molecule has 0 aromatic carbocycles. The highest BCUT2D eigenvalue weighted by Crippen LogP contribution is 1.92. The highest BCUT2D eigenvalue weighted by molar-refractivity contribution is 7.80. The highest BCUT2D eigenvalue weighted by atomic mass is 32.1. The summed E-state index contributed by atoms with van der Waals surface area (Å²) in [4.78, 5) is 32.2. The zero-order valence-electron chi connectivity index (χ0n) is 7.84. The Morgan fingerprint density at radius 2 is 1.93 bits per heavy atom. The highest BCUT2D eigenvalue weighted by Gasteiger charge is 2.22. The Bertz CT molecular complexity index is 271. The first kappa shape index (κ1) is 13.7. The van der Waals surface area contributed by atoms with E-state index in [1.165, 1.54) is 0 Å². The average molecular weight is 235 g/mol. The smallest absolute Gasteiger partial charge is 0.327 e. The second kappa shape index (κ2) is 6.25. The number of carboxylic acids is 1. The summed E-state index contributed by atoms with van der Waals surface area (Å²) in [7, 11) is 0. The minimum absolute atomic E-state index is 0.0651. The number of carboxylic acid groups (broad SMARTS) is 1. The van der Waals surface area contributed by atoms with Crippen molar-refractivity contribution < 1.29 is 19.5 Å². The Labute approximate surface area is 91.6 Å². The van der Waals surface area contributed by atoms with E-state index in [9.17, 15) is 14.4 Å². The molecule has 0 fully saturated rings. The molecule has 6 N–H and O–H groups in total. The van der Waals surface area contributed by atoms with E-state index >= 15 is 0 Å². The molecule has 15 heavy (non-hydrogen) atoms. The van der Waals surface area contributed by atoms with E-state index in [4.69, 9.17) is 16.6 Å². The molecule has 2 unspecified atom stereocenters. The summed E-state index contributed by atoms with van der Waals surface area (Å²) in [6.07, 6.45) is -0.329. The molecule has 7 nitrogen and oxygen atoms in total. The summed E-state index contributed by atoms with van der Waals surface area (Å²) in [6, 6.07) is -2.26. The van der Waals surface area contributed by atoms with Gasteiger partial charge in [0.25, 0.3) is 0 Å². The van der Waals surface area contributed by atoms with Gasteiger partial charge in [0.1, 0.15) is 6.04 Å².